The molecule has 1 aliphatic carbocycles. The molecule has 4 heteroatoms. The zero-order valence-electron chi connectivity index (χ0n) is 50.3. The Hall–Kier alpha value is -11.7. The van der Waals surface area contributed by atoms with Crippen LogP contribution in [0.15, 0.2) is 315 Å². The van der Waals surface area contributed by atoms with E-state index in [-0.39, 0.29) is 0 Å². The third-order valence-electron chi connectivity index (χ3n) is 20.0. The molecule has 91 heavy (non-hydrogen) atoms. The van der Waals surface area contributed by atoms with Gasteiger partial charge < -0.3 is 18.3 Å². The smallest absolute Gasteiger partial charge is 0.0714 e. The molecule has 4 nitrogen and oxygen atoms in total. The van der Waals surface area contributed by atoms with E-state index in [4.69, 9.17) is 0 Å². The molecule has 0 atom stereocenters. The first-order valence-electron chi connectivity index (χ1n) is 31.6. The van der Waals surface area contributed by atoms with Gasteiger partial charge in [-0.1, -0.05) is 217 Å². The molecule has 0 unspecified atom stereocenters. The lowest BCUT2D eigenvalue weighted by Crippen LogP contribution is -2.28. The van der Waals surface area contributed by atoms with Crippen LogP contribution in [0.5, 0.6) is 0 Å². The van der Waals surface area contributed by atoms with Crippen molar-refractivity contribution in [3.05, 3.63) is 349 Å². The Labute approximate surface area is 526 Å². The fourth-order valence-electron chi connectivity index (χ4n) is 15.9. The molecule has 0 spiro atoms. The second kappa shape index (κ2) is 19.6. The molecule has 4 heterocycles. The summed E-state index contributed by atoms with van der Waals surface area (Å²) in [5, 5.41) is 9.99. The molecule has 0 fully saturated rings. The zero-order valence-corrected chi connectivity index (χ0v) is 50.3. The normalized spacial score (nSPS) is 12.8. The predicted molar refractivity (Wildman–Crippen MR) is 381 cm³/mol. The Kier molecular flexibility index (Phi) is 11.1. The molecule has 0 radical (unpaired) electrons. The Morgan fingerprint density at radius 2 is 0.451 bits per heavy atom. The van der Waals surface area contributed by atoms with Crippen LogP contribution in [0.25, 0.3) is 143 Å². The molecule has 18 aromatic rings. The van der Waals surface area contributed by atoms with E-state index >= 15 is 0 Å². The van der Waals surface area contributed by atoms with Crippen molar-refractivity contribution >= 4 is 87.2 Å². The fourth-order valence-corrected chi connectivity index (χ4v) is 15.9. The highest BCUT2D eigenvalue weighted by Crippen LogP contribution is 2.58. The molecule has 0 saturated heterocycles. The van der Waals surface area contributed by atoms with Crippen molar-refractivity contribution in [3.8, 4) is 56.1 Å². The third kappa shape index (κ3) is 7.51. The van der Waals surface area contributed by atoms with Crippen molar-refractivity contribution < 1.29 is 0 Å². The van der Waals surface area contributed by atoms with E-state index in [0.717, 1.165) is 22.7 Å². The molecule has 0 bridgehead atoms. The van der Waals surface area contributed by atoms with Gasteiger partial charge in [0.15, 0.2) is 0 Å². The minimum atomic E-state index is -0.644. The van der Waals surface area contributed by atoms with E-state index in [1.165, 1.54) is 154 Å². The molecule has 0 saturated carbocycles. The van der Waals surface area contributed by atoms with Gasteiger partial charge in [0.05, 0.1) is 49.5 Å². The van der Waals surface area contributed by atoms with Crippen molar-refractivity contribution in [1.29, 1.82) is 0 Å². The highest BCUT2D eigenvalue weighted by molar-refractivity contribution is 6.13. The molecule has 426 valence electrons. The SMILES string of the molecule is Cc1ccc2c(c1)C(c1ccc3c(c1)c1ccccc1n3-c1ccc(-c3ccc(-n4c5ccccc5c5ccccc54)cc3)cc1)(c1ccc3c(c1)c1ccccc1n3-c1ccc(-c3ccc(-n4c5ccccc5c5ccccc54)cc3)cc1)c1cc(C)ccc1-2. The van der Waals surface area contributed by atoms with Crippen LogP contribution in [-0.4, -0.2) is 18.3 Å². The lowest BCUT2D eigenvalue weighted by molar-refractivity contribution is 0.769. The minimum absolute atomic E-state index is 0.644. The fraction of sp³-hybridized carbons (Fsp3) is 0.0345. The van der Waals surface area contributed by atoms with Gasteiger partial charge in [-0.05, 0) is 179 Å². The molecule has 0 N–H and O–H groups in total. The summed E-state index contributed by atoms with van der Waals surface area (Å²) in [4.78, 5) is 0. The maximum atomic E-state index is 2.53. The molecule has 19 rings (SSSR count). The molecule has 4 aromatic heterocycles. The van der Waals surface area contributed by atoms with Crippen LogP contribution < -0.4 is 0 Å². The summed E-state index contributed by atoms with van der Waals surface area (Å²) in [6, 6.07) is 118. The summed E-state index contributed by atoms with van der Waals surface area (Å²) in [5.41, 5.74) is 28.4. The number of aryl methyl sites for hydroxylation is 2. The van der Waals surface area contributed by atoms with Crippen LogP contribution in [0.4, 0.5) is 0 Å². The number of nitrogens with zero attached hydrogens (tertiary/aromatic N) is 4. The number of benzene rings is 14. The number of para-hydroxylation sites is 6. The number of fused-ring (bicyclic) bond motifs is 15. The predicted octanol–water partition coefficient (Wildman–Crippen LogP) is 22.4. The van der Waals surface area contributed by atoms with E-state index < -0.39 is 5.41 Å². The molecule has 14 aromatic carbocycles. The molecule has 0 amide bonds. The van der Waals surface area contributed by atoms with Crippen LogP contribution in [0.2, 0.25) is 0 Å². The van der Waals surface area contributed by atoms with Crippen molar-refractivity contribution in [1.82, 2.24) is 18.3 Å². The van der Waals surface area contributed by atoms with Gasteiger partial charge in [0, 0.05) is 65.8 Å². The first-order valence-corrected chi connectivity index (χ1v) is 31.6. The Morgan fingerprint density at radius 3 is 0.725 bits per heavy atom. The maximum Gasteiger partial charge on any atom is 0.0714 e. The lowest BCUT2D eigenvalue weighted by Gasteiger charge is -2.34. The maximum absolute atomic E-state index is 2.53. The van der Waals surface area contributed by atoms with Crippen molar-refractivity contribution in [2.75, 3.05) is 0 Å². The van der Waals surface area contributed by atoms with Gasteiger partial charge in [0.1, 0.15) is 0 Å². The van der Waals surface area contributed by atoms with Crippen LogP contribution in [-0.2, 0) is 5.41 Å². The average molecular weight is 1160 g/mol. The topological polar surface area (TPSA) is 19.7 Å². The molecular formula is C87H58N4. The second-order valence-corrected chi connectivity index (χ2v) is 24.9. The molecule has 1 aliphatic rings. The van der Waals surface area contributed by atoms with Crippen molar-refractivity contribution in [2.24, 2.45) is 0 Å². The molecular weight excluding hydrogens is 1100 g/mol. The number of rotatable bonds is 8. The van der Waals surface area contributed by atoms with E-state index in [0.29, 0.717) is 0 Å². The van der Waals surface area contributed by atoms with Gasteiger partial charge in [0.25, 0.3) is 0 Å². The molecule has 0 aliphatic heterocycles. The Bertz CT molecular complexity index is 5530. The standard InChI is InChI=1S/C87H58N4/c1-55-27-47-67-68-48-28-56(2)52-78(68)87(77(67)51-55,61-37-49-85-75(53-61)73-19-7-13-25-83(73)90(85)65-43-33-59(34-44-65)57-29-39-63(40-30-57)88-79-21-9-3-15-69(79)70-16-4-10-22-80(70)88)62-38-50-86-76(54-62)74-20-8-14-26-84(74)91(86)66-45-35-60(36-46-66)58-31-41-64(42-32-58)89-81-23-11-5-17-71(81)72-18-6-12-24-82(72)89/h3-54H,1-2H3. The monoisotopic (exact) mass is 1160 g/mol. The van der Waals surface area contributed by atoms with Crippen LogP contribution >= 0.6 is 0 Å². The first kappa shape index (κ1) is 51.3. The summed E-state index contributed by atoms with van der Waals surface area (Å²) < 4.78 is 9.68. The van der Waals surface area contributed by atoms with Crippen molar-refractivity contribution in [2.45, 2.75) is 19.3 Å². The lowest BCUT2D eigenvalue weighted by atomic mass is 9.67. The summed E-state index contributed by atoms with van der Waals surface area (Å²) in [7, 11) is 0. The van der Waals surface area contributed by atoms with Gasteiger partial charge in [-0.2, -0.15) is 0 Å². The van der Waals surface area contributed by atoms with E-state index in [1.807, 2.05) is 0 Å². The number of hydrogen-bond acceptors (Lipinski definition) is 0. The second-order valence-electron chi connectivity index (χ2n) is 24.9. The summed E-state index contributed by atoms with van der Waals surface area (Å²) in [6.07, 6.45) is 0. The Morgan fingerprint density at radius 1 is 0.209 bits per heavy atom. The van der Waals surface area contributed by atoms with E-state index in [9.17, 15) is 0 Å². The zero-order chi connectivity index (χ0) is 60.1. The minimum Gasteiger partial charge on any atom is -0.309 e. The van der Waals surface area contributed by atoms with Gasteiger partial charge in [-0.25, -0.2) is 0 Å². The largest absolute Gasteiger partial charge is 0.309 e. The van der Waals surface area contributed by atoms with Crippen LogP contribution in [0, 0.1) is 13.8 Å². The number of hydrogen-bond donors (Lipinski definition) is 0. The van der Waals surface area contributed by atoms with Crippen LogP contribution in [0.3, 0.4) is 0 Å². The summed E-state index contributed by atoms with van der Waals surface area (Å²) >= 11 is 0. The van der Waals surface area contributed by atoms with E-state index in [2.05, 4.69) is 348 Å². The highest BCUT2D eigenvalue weighted by Gasteiger charge is 2.47. The quantitative estimate of drug-likeness (QED) is 0.144. The summed E-state index contributed by atoms with van der Waals surface area (Å²) in [5.74, 6) is 0. The van der Waals surface area contributed by atoms with Gasteiger partial charge in [-0.15, -0.1) is 0 Å². The van der Waals surface area contributed by atoms with Crippen LogP contribution in [0.1, 0.15) is 33.4 Å². The third-order valence-corrected chi connectivity index (χ3v) is 20.0. The van der Waals surface area contributed by atoms with Gasteiger partial charge >= 0.3 is 0 Å². The highest BCUT2D eigenvalue weighted by atomic mass is 15.0. The Balaban J connectivity index is 0.717. The van der Waals surface area contributed by atoms with Crippen molar-refractivity contribution in [3.63, 3.8) is 0 Å². The van der Waals surface area contributed by atoms with Gasteiger partial charge in [0.2, 0.25) is 0 Å². The number of aromatic nitrogens is 4. The summed E-state index contributed by atoms with van der Waals surface area (Å²) in [6.45, 7) is 4.49. The van der Waals surface area contributed by atoms with Gasteiger partial charge in [-0.3, -0.25) is 0 Å². The average Bonchev–Trinajstić information content (AvgIpc) is 1.55. The van der Waals surface area contributed by atoms with E-state index in [1.54, 1.807) is 0 Å². The first-order chi connectivity index (χ1) is 44.9.